The molecule has 1 N–H and O–H groups in total. The molecular weight excluding hydrogens is 409 g/mol. The summed E-state index contributed by atoms with van der Waals surface area (Å²) in [6.45, 7) is 5.68. The molecule has 0 saturated carbocycles. The molecule has 2 aromatic carbocycles. The maximum atomic E-state index is 13.1. The number of nitrogens with zero attached hydrogens (tertiary/aromatic N) is 4. The fourth-order valence-electron chi connectivity index (χ4n) is 3.62. The number of nitrogens with one attached hydrogen (secondary N) is 1. The van der Waals surface area contributed by atoms with E-state index in [1.807, 2.05) is 31.0 Å². The molecule has 4 rings (SSSR count). The number of halogens is 1. The lowest BCUT2D eigenvalue weighted by Gasteiger charge is -2.29. The van der Waals surface area contributed by atoms with Crippen molar-refractivity contribution in [1.82, 2.24) is 9.97 Å². The number of hydrogen-bond acceptors (Lipinski definition) is 6. The first-order valence-electron chi connectivity index (χ1n) is 10.5. The summed E-state index contributed by atoms with van der Waals surface area (Å²) >= 11 is 0. The first kappa shape index (κ1) is 21.7. The number of benzene rings is 2. The number of carbonyl (C=O) groups excluding carboxylic acids is 1. The maximum Gasteiger partial charge on any atom is 0.274 e. The second-order valence-corrected chi connectivity index (χ2v) is 7.80. The van der Waals surface area contributed by atoms with E-state index in [4.69, 9.17) is 4.74 Å². The van der Waals surface area contributed by atoms with Gasteiger partial charge in [0.25, 0.3) is 5.91 Å². The van der Waals surface area contributed by atoms with Crippen molar-refractivity contribution in [3.63, 3.8) is 0 Å². The van der Waals surface area contributed by atoms with Gasteiger partial charge in [-0.2, -0.15) is 0 Å². The number of amides is 1. The van der Waals surface area contributed by atoms with Crippen LogP contribution in [0.2, 0.25) is 0 Å². The molecule has 1 saturated heterocycles. The number of rotatable bonds is 6. The lowest BCUT2D eigenvalue weighted by Crippen LogP contribution is -2.36. The van der Waals surface area contributed by atoms with E-state index in [1.165, 1.54) is 18.5 Å². The zero-order valence-electron chi connectivity index (χ0n) is 18.2. The molecule has 0 unspecified atom stereocenters. The second kappa shape index (κ2) is 9.74. The number of hydrogen-bond donors (Lipinski definition) is 1. The van der Waals surface area contributed by atoms with Crippen molar-refractivity contribution in [1.29, 1.82) is 0 Å². The summed E-state index contributed by atoms with van der Waals surface area (Å²) < 4.78 is 18.5. The third-order valence-electron chi connectivity index (χ3n) is 5.44. The van der Waals surface area contributed by atoms with Gasteiger partial charge in [-0.1, -0.05) is 12.1 Å². The van der Waals surface area contributed by atoms with E-state index in [2.05, 4.69) is 26.3 Å². The van der Waals surface area contributed by atoms with Gasteiger partial charge in [0.2, 0.25) is 0 Å². The third kappa shape index (κ3) is 5.20. The summed E-state index contributed by atoms with van der Waals surface area (Å²) in [4.78, 5) is 25.4. The molecule has 1 aliphatic rings. The molecule has 1 amide bonds. The highest BCUT2D eigenvalue weighted by molar-refractivity contribution is 6.03. The van der Waals surface area contributed by atoms with E-state index in [9.17, 15) is 9.18 Å². The summed E-state index contributed by atoms with van der Waals surface area (Å²) in [5.41, 5.74) is 4.06. The Morgan fingerprint density at radius 2 is 1.88 bits per heavy atom. The van der Waals surface area contributed by atoms with Gasteiger partial charge in [-0.25, -0.2) is 14.4 Å². The van der Waals surface area contributed by atoms with Crippen LogP contribution in [0, 0.1) is 12.7 Å². The Kier molecular flexibility index (Phi) is 6.61. The Morgan fingerprint density at radius 1 is 1.12 bits per heavy atom. The first-order chi connectivity index (χ1) is 15.5. The molecule has 0 aliphatic carbocycles. The number of aryl methyl sites for hydroxylation is 1. The van der Waals surface area contributed by atoms with Gasteiger partial charge in [-0.05, 0) is 48.4 Å². The molecule has 3 aromatic rings. The number of morpholine rings is 1. The Hall–Kier alpha value is -3.52. The maximum absolute atomic E-state index is 13.1. The minimum absolute atomic E-state index is 0.273. The van der Waals surface area contributed by atoms with Crippen molar-refractivity contribution in [2.75, 3.05) is 48.5 Å². The van der Waals surface area contributed by atoms with Crippen molar-refractivity contribution in [2.45, 2.75) is 13.5 Å². The Bertz CT molecular complexity index is 1080. The fraction of sp³-hybridized carbons (Fsp3) is 0.292. The largest absolute Gasteiger partial charge is 0.378 e. The van der Waals surface area contributed by atoms with Crippen LogP contribution < -0.4 is 15.1 Å². The molecule has 0 atom stereocenters. The van der Waals surface area contributed by atoms with E-state index in [0.717, 1.165) is 48.8 Å². The number of anilines is 3. The Morgan fingerprint density at radius 3 is 2.59 bits per heavy atom. The topological polar surface area (TPSA) is 70.6 Å². The van der Waals surface area contributed by atoms with Crippen LogP contribution >= 0.6 is 0 Å². The standard InChI is InChI=1S/C24H26FN5O2/c1-17-13-20(30-9-11-32-12-10-30)7-8-21(17)28-24(31)22-14-23(27-16-26-22)29(2)15-18-3-5-19(25)6-4-18/h3-8,13-14,16H,9-12,15H2,1-2H3,(H,28,31). The zero-order valence-corrected chi connectivity index (χ0v) is 18.2. The average Bonchev–Trinajstić information content (AvgIpc) is 2.82. The molecule has 0 radical (unpaired) electrons. The van der Waals surface area contributed by atoms with E-state index >= 15 is 0 Å². The van der Waals surface area contributed by atoms with Crippen molar-refractivity contribution in [2.24, 2.45) is 0 Å². The highest BCUT2D eigenvalue weighted by Gasteiger charge is 2.15. The van der Waals surface area contributed by atoms with E-state index in [1.54, 1.807) is 18.2 Å². The molecule has 0 spiro atoms. The van der Waals surface area contributed by atoms with Gasteiger partial charge in [-0.15, -0.1) is 0 Å². The van der Waals surface area contributed by atoms with Crippen LogP contribution in [0.5, 0.6) is 0 Å². The van der Waals surface area contributed by atoms with Crippen LogP contribution in [0.15, 0.2) is 54.9 Å². The summed E-state index contributed by atoms with van der Waals surface area (Å²) in [5, 5.41) is 2.95. The lowest BCUT2D eigenvalue weighted by molar-refractivity contribution is 0.102. The molecule has 32 heavy (non-hydrogen) atoms. The SMILES string of the molecule is Cc1cc(N2CCOCC2)ccc1NC(=O)c1cc(N(C)Cc2ccc(F)cc2)ncn1. The van der Waals surface area contributed by atoms with Crippen molar-refractivity contribution < 1.29 is 13.9 Å². The van der Waals surface area contributed by atoms with Crippen molar-refractivity contribution >= 4 is 23.1 Å². The van der Waals surface area contributed by atoms with Crippen LogP contribution in [0.3, 0.4) is 0 Å². The quantitative estimate of drug-likeness (QED) is 0.637. The van der Waals surface area contributed by atoms with Crippen LogP contribution in [-0.4, -0.2) is 49.2 Å². The van der Waals surface area contributed by atoms with Crippen molar-refractivity contribution in [3.8, 4) is 0 Å². The summed E-state index contributed by atoms with van der Waals surface area (Å²) in [6, 6.07) is 14.0. The van der Waals surface area contributed by atoms with Crippen molar-refractivity contribution in [3.05, 3.63) is 77.5 Å². The number of ether oxygens (including phenoxy) is 1. The van der Waals surface area contributed by atoms with Gasteiger partial charge in [0, 0.05) is 44.1 Å². The van der Waals surface area contributed by atoms with Crippen LogP contribution in [0.25, 0.3) is 0 Å². The molecule has 1 aromatic heterocycles. The highest BCUT2D eigenvalue weighted by Crippen LogP contribution is 2.24. The number of carbonyl (C=O) groups is 1. The number of aromatic nitrogens is 2. The highest BCUT2D eigenvalue weighted by atomic mass is 19.1. The molecular formula is C24H26FN5O2. The van der Waals surface area contributed by atoms with Gasteiger partial charge in [-0.3, -0.25) is 4.79 Å². The molecule has 166 valence electrons. The van der Waals surface area contributed by atoms with E-state index < -0.39 is 0 Å². The average molecular weight is 436 g/mol. The predicted octanol–water partition coefficient (Wildman–Crippen LogP) is 3.65. The molecule has 7 nitrogen and oxygen atoms in total. The fourth-order valence-corrected chi connectivity index (χ4v) is 3.62. The predicted molar refractivity (Wildman–Crippen MR) is 123 cm³/mol. The molecule has 8 heteroatoms. The Labute approximate surface area is 186 Å². The first-order valence-corrected chi connectivity index (χ1v) is 10.5. The molecule has 2 heterocycles. The smallest absolute Gasteiger partial charge is 0.274 e. The molecule has 0 bridgehead atoms. The normalized spacial score (nSPS) is 13.7. The van der Waals surface area contributed by atoms with Gasteiger partial charge < -0.3 is 19.9 Å². The second-order valence-electron chi connectivity index (χ2n) is 7.80. The Balaban J connectivity index is 1.43. The third-order valence-corrected chi connectivity index (χ3v) is 5.44. The van der Waals surface area contributed by atoms with E-state index in [-0.39, 0.29) is 17.4 Å². The van der Waals surface area contributed by atoms with Gasteiger partial charge in [0.1, 0.15) is 23.7 Å². The zero-order chi connectivity index (χ0) is 22.5. The lowest BCUT2D eigenvalue weighted by atomic mass is 10.1. The van der Waals surface area contributed by atoms with Gasteiger partial charge in [0.15, 0.2) is 0 Å². The van der Waals surface area contributed by atoms with Crippen LogP contribution in [-0.2, 0) is 11.3 Å². The van der Waals surface area contributed by atoms with E-state index in [0.29, 0.717) is 12.4 Å². The summed E-state index contributed by atoms with van der Waals surface area (Å²) in [5.74, 6) is 0.0329. The van der Waals surface area contributed by atoms with Gasteiger partial charge >= 0.3 is 0 Å². The van der Waals surface area contributed by atoms with Gasteiger partial charge in [0.05, 0.1) is 13.2 Å². The minimum atomic E-state index is -0.300. The monoisotopic (exact) mass is 435 g/mol. The van der Waals surface area contributed by atoms with Crippen LogP contribution in [0.1, 0.15) is 21.6 Å². The van der Waals surface area contributed by atoms with Crippen LogP contribution in [0.4, 0.5) is 21.6 Å². The molecule has 1 fully saturated rings. The molecule has 1 aliphatic heterocycles. The summed E-state index contributed by atoms with van der Waals surface area (Å²) in [6.07, 6.45) is 1.37. The summed E-state index contributed by atoms with van der Waals surface area (Å²) in [7, 11) is 1.86. The minimum Gasteiger partial charge on any atom is -0.378 e.